The Morgan fingerprint density at radius 3 is 1.38 bits per heavy atom. The van der Waals surface area contributed by atoms with Gasteiger partial charge < -0.3 is 9.80 Å². The first-order valence-corrected chi connectivity index (χ1v) is 21.6. The molecule has 2 aliphatic heterocycles. The van der Waals surface area contributed by atoms with Gasteiger partial charge in [-0.05, 0) is 148 Å². The van der Waals surface area contributed by atoms with Crippen LogP contribution in [0.2, 0.25) is 0 Å². The van der Waals surface area contributed by atoms with Gasteiger partial charge in [-0.3, -0.25) is 20.0 Å². The molecule has 0 atom stereocenters. The first-order chi connectivity index (χ1) is 29.0. The fourth-order valence-corrected chi connectivity index (χ4v) is 9.78. The van der Waals surface area contributed by atoms with Crippen LogP contribution in [0.15, 0.2) is 156 Å². The molecule has 304 valence electrons. The van der Waals surface area contributed by atoms with Gasteiger partial charge in [0.05, 0.1) is 22.2 Å². The van der Waals surface area contributed by atoms with Crippen molar-refractivity contribution in [2.75, 3.05) is 9.80 Å². The Bertz CT molecular complexity index is 2920. The van der Waals surface area contributed by atoms with Crippen molar-refractivity contribution in [2.45, 2.75) is 96.8 Å². The molecule has 0 saturated heterocycles. The van der Waals surface area contributed by atoms with E-state index in [-0.39, 0.29) is 27.6 Å². The van der Waals surface area contributed by atoms with Crippen LogP contribution in [0.5, 0.6) is 0 Å². The van der Waals surface area contributed by atoms with Crippen LogP contribution in [0, 0.1) is 0 Å². The van der Waals surface area contributed by atoms with E-state index in [4.69, 9.17) is 20.0 Å². The molecule has 6 heteroatoms. The lowest BCUT2D eigenvalue weighted by Gasteiger charge is -2.41. The summed E-state index contributed by atoms with van der Waals surface area (Å²) in [4.78, 5) is 25.3. The number of para-hydroxylation sites is 2. The third-order valence-corrected chi connectivity index (χ3v) is 14.6. The van der Waals surface area contributed by atoms with Gasteiger partial charge in [0.2, 0.25) is 0 Å². The summed E-state index contributed by atoms with van der Waals surface area (Å²) in [6.45, 7) is 22.6. The molecule has 7 aromatic rings. The number of hydrogen-bond acceptors (Lipinski definition) is 6. The minimum atomic E-state index is -0.292. The highest BCUT2D eigenvalue weighted by Gasteiger charge is 2.51. The van der Waals surface area contributed by atoms with Crippen LogP contribution >= 0.6 is 0 Å². The maximum Gasteiger partial charge on any atom is 0.155 e. The molecule has 0 N–H and O–H groups in total. The Labute approximate surface area is 360 Å². The quantitative estimate of drug-likeness (QED) is 0.168. The van der Waals surface area contributed by atoms with E-state index in [9.17, 15) is 0 Å². The molecule has 5 aromatic carbocycles. The maximum absolute atomic E-state index is 5.25. The summed E-state index contributed by atoms with van der Waals surface area (Å²) in [5, 5.41) is 2.51. The van der Waals surface area contributed by atoms with E-state index in [1.165, 1.54) is 33.0 Å². The molecule has 0 spiro atoms. The lowest BCUT2D eigenvalue weighted by atomic mass is 9.79. The molecular weight excluding hydrogens is 745 g/mol. The van der Waals surface area contributed by atoms with E-state index in [0.717, 1.165) is 56.7 Å². The molecule has 0 unspecified atom stereocenters. The topological polar surface area (TPSA) is 57.0 Å². The van der Waals surface area contributed by atoms with Crippen LogP contribution in [-0.2, 0) is 5.41 Å². The summed E-state index contributed by atoms with van der Waals surface area (Å²) in [5.41, 5.74) is 12.6. The summed E-state index contributed by atoms with van der Waals surface area (Å²) in [5.74, 6) is 1.81. The highest BCUT2D eigenvalue weighted by molar-refractivity contribution is 6.13. The number of pyridine rings is 2. The molecule has 0 radical (unpaired) electrons. The van der Waals surface area contributed by atoms with Crippen LogP contribution in [0.3, 0.4) is 0 Å². The molecule has 10 rings (SSSR count). The maximum atomic E-state index is 5.25. The lowest BCUT2D eigenvalue weighted by molar-refractivity contribution is 0.338. The highest BCUT2D eigenvalue weighted by atomic mass is 15.4. The fraction of sp³-hybridized carbons (Fsp3) is 0.273. The SMILES string of the molecule is CC1(C)c2cc(-c3ccc(C4=NC(C)(C)C(C)(C)N4c4ccccc4)nc3)ccc2-c2ccc3cc(-c4ccc(C5=NC(C)(C)C(C)(C)N5c5ccccc5)nc4)ccc3c21. The van der Waals surface area contributed by atoms with Crippen molar-refractivity contribution in [1.82, 2.24) is 9.97 Å². The van der Waals surface area contributed by atoms with Gasteiger partial charge in [-0.25, -0.2) is 0 Å². The fourth-order valence-electron chi connectivity index (χ4n) is 9.78. The number of fused-ring (bicyclic) bond motifs is 5. The first-order valence-electron chi connectivity index (χ1n) is 21.6. The van der Waals surface area contributed by atoms with Crippen LogP contribution in [0.25, 0.3) is 44.2 Å². The molecule has 6 nitrogen and oxygen atoms in total. The summed E-state index contributed by atoms with van der Waals surface area (Å²) in [6.07, 6.45) is 4.01. The summed E-state index contributed by atoms with van der Waals surface area (Å²) >= 11 is 0. The molecule has 2 aromatic heterocycles. The molecule has 4 heterocycles. The van der Waals surface area contributed by atoms with Crippen LogP contribution < -0.4 is 9.80 Å². The second kappa shape index (κ2) is 13.3. The Kier molecular flexibility index (Phi) is 8.45. The molecule has 0 amide bonds. The summed E-state index contributed by atoms with van der Waals surface area (Å²) < 4.78 is 0. The van der Waals surface area contributed by atoms with Crippen molar-refractivity contribution < 1.29 is 0 Å². The Morgan fingerprint density at radius 1 is 0.426 bits per heavy atom. The van der Waals surface area contributed by atoms with E-state index in [2.05, 4.69) is 212 Å². The Balaban J connectivity index is 0.936. The third-order valence-electron chi connectivity index (χ3n) is 14.6. The average Bonchev–Trinajstić information content (AvgIpc) is 3.69. The standard InChI is InChI=1S/C55H54N6/c1-51(2)45-32-36(39-25-30-47(57-34-39)50-59-53(5,6)55(9,10)61(50)41-19-15-12-16-20-41)22-27-43(45)44-28-23-37-31-35(21-26-42(37)48(44)51)38-24-29-46(56-33-38)49-58-52(3,4)54(7,8)60(49)40-17-13-11-14-18-40/h11-34H,1-10H3. The van der Waals surface area contributed by atoms with Gasteiger partial charge >= 0.3 is 0 Å². The molecule has 61 heavy (non-hydrogen) atoms. The second-order valence-electron chi connectivity index (χ2n) is 19.6. The minimum absolute atomic E-state index is 0.196. The van der Waals surface area contributed by atoms with E-state index < -0.39 is 0 Å². The normalized spacial score (nSPS) is 18.8. The van der Waals surface area contributed by atoms with Gasteiger partial charge in [-0.15, -0.1) is 0 Å². The van der Waals surface area contributed by atoms with Crippen molar-refractivity contribution in [3.05, 3.63) is 168 Å². The van der Waals surface area contributed by atoms with Gasteiger partial charge in [0.1, 0.15) is 11.4 Å². The molecule has 0 fully saturated rings. The smallest absolute Gasteiger partial charge is 0.155 e. The van der Waals surface area contributed by atoms with E-state index in [1.807, 2.05) is 12.4 Å². The number of rotatable bonds is 6. The average molecular weight is 799 g/mol. The molecule has 0 saturated carbocycles. The van der Waals surface area contributed by atoms with Gasteiger partial charge in [-0.1, -0.05) is 98.8 Å². The predicted octanol–water partition coefficient (Wildman–Crippen LogP) is 12.9. The zero-order valence-electron chi connectivity index (χ0n) is 37.0. The van der Waals surface area contributed by atoms with E-state index in [1.54, 1.807) is 0 Å². The predicted molar refractivity (Wildman–Crippen MR) is 255 cm³/mol. The van der Waals surface area contributed by atoms with Crippen molar-refractivity contribution in [3.8, 4) is 33.4 Å². The first kappa shape index (κ1) is 38.8. The highest BCUT2D eigenvalue weighted by Crippen LogP contribution is 2.52. The number of amidine groups is 2. The lowest BCUT2D eigenvalue weighted by Crippen LogP contribution is -2.53. The number of hydrogen-bond donors (Lipinski definition) is 0. The molecule has 3 aliphatic rings. The summed E-state index contributed by atoms with van der Waals surface area (Å²) in [6, 6.07) is 48.1. The van der Waals surface area contributed by atoms with Crippen molar-refractivity contribution in [2.24, 2.45) is 9.98 Å². The van der Waals surface area contributed by atoms with E-state index in [0.29, 0.717) is 0 Å². The van der Waals surface area contributed by atoms with E-state index >= 15 is 0 Å². The largest absolute Gasteiger partial charge is 0.317 e. The van der Waals surface area contributed by atoms with Gasteiger partial charge in [0, 0.05) is 40.3 Å². The Hall–Kier alpha value is -6.40. The third kappa shape index (κ3) is 5.82. The van der Waals surface area contributed by atoms with Gasteiger partial charge in [0.25, 0.3) is 0 Å². The van der Waals surface area contributed by atoms with Gasteiger partial charge in [0.15, 0.2) is 11.7 Å². The number of aromatic nitrogens is 2. The number of aliphatic imine (C=N–C) groups is 2. The van der Waals surface area contributed by atoms with Gasteiger partial charge in [-0.2, -0.15) is 0 Å². The van der Waals surface area contributed by atoms with Crippen molar-refractivity contribution in [3.63, 3.8) is 0 Å². The summed E-state index contributed by atoms with van der Waals surface area (Å²) in [7, 11) is 0. The zero-order valence-corrected chi connectivity index (χ0v) is 37.0. The number of anilines is 2. The minimum Gasteiger partial charge on any atom is -0.317 e. The second-order valence-corrected chi connectivity index (χ2v) is 19.6. The Morgan fingerprint density at radius 2 is 0.885 bits per heavy atom. The van der Waals surface area contributed by atoms with Crippen LogP contribution in [0.4, 0.5) is 11.4 Å². The van der Waals surface area contributed by atoms with Crippen LogP contribution in [0.1, 0.15) is 91.8 Å². The monoisotopic (exact) mass is 798 g/mol. The number of benzene rings is 5. The molecular formula is C55H54N6. The van der Waals surface area contributed by atoms with Crippen molar-refractivity contribution >= 4 is 33.8 Å². The number of nitrogens with zero attached hydrogens (tertiary/aromatic N) is 6. The van der Waals surface area contributed by atoms with Crippen molar-refractivity contribution in [1.29, 1.82) is 0 Å². The molecule has 0 bridgehead atoms. The zero-order chi connectivity index (χ0) is 42.7. The van der Waals surface area contributed by atoms with Crippen LogP contribution in [-0.4, -0.2) is 43.8 Å². The molecule has 1 aliphatic carbocycles.